The van der Waals surface area contributed by atoms with E-state index < -0.39 is 6.04 Å². The van der Waals surface area contributed by atoms with E-state index in [0.29, 0.717) is 35.4 Å². The van der Waals surface area contributed by atoms with Gasteiger partial charge >= 0.3 is 0 Å². The summed E-state index contributed by atoms with van der Waals surface area (Å²) in [6, 6.07) is 14.2. The molecule has 1 amide bonds. The van der Waals surface area contributed by atoms with Crippen molar-refractivity contribution in [2.45, 2.75) is 19.9 Å². The molecule has 1 aliphatic rings. The number of ether oxygens (including phenoxy) is 1. The number of nitrogens with zero attached hydrogens (tertiary/aromatic N) is 1. The molecule has 1 aliphatic heterocycles. The molecule has 2 heterocycles. The van der Waals surface area contributed by atoms with Crippen LogP contribution in [0.5, 0.6) is 5.75 Å². The molecule has 0 radical (unpaired) electrons. The highest BCUT2D eigenvalue weighted by atomic mass is 16.5. The van der Waals surface area contributed by atoms with Crippen molar-refractivity contribution in [3.8, 4) is 5.75 Å². The van der Waals surface area contributed by atoms with E-state index in [2.05, 4.69) is 20.4 Å². The van der Waals surface area contributed by atoms with Gasteiger partial charge in [0.25, 0.3) is 5.91 Å². The molecule has 6 heteroatoms. The monoisotopic (exact) mass is 433 g/mol. The predicted octanol–water partition coefficient (Wildman–Crippen LogP) is 2.83. The van der Waals surface area contributed by atoms with Crippen LogP contribution in [-0.4, -0.2) is 43.6 Å². The van der Waals surface area contributed by atoms with Crippen molar-refractivity contribution in [1.82, 2.24) is 4.90 Å². The number of fused-ring (bicyclic) bond motifs is 2. The smallest absolute Gasteiger partial charge is 0.291 e. The highest BCUT2D eigenvalue weighted by Crippen LogP contribution is 2.38. The topological polar surface area (TPSA) is 64.2 Å². The zero-order valence-electron chi connectivity index (χ0n) is 18.6. The van der Waals surface area contributed by atoms with Crippen molar-refractivity contribution in [3.63, 3.8) is 0 Å². The summed E-state index contributed by atoms with van der Waals surface area (Å²) >= 11 is 0. The maximum atomic E-state index is 13.5. The van der Waals surface area contributed by atoms with Crippen molar-refractivity contribution in [3.05, 3.63) is 88.3 Å². The fourth-order valence-corrected chi connectivity index (χ4v) is 4.33. The molecule has 1 N–H and O–H groups in total. The number of rotatable bonds is 9. The van der Waals surface area contributed by atoms with E-state index in [1.807, 2.05) is 30.3 Å². The number of hydrogen-bond donors (Lipinski definition) is 1. The lowest BCUT2D eigenvalue weighted by Gasteiger charge is -2.27. The van der Waals surface area contributed by atoms with Crippen LogP contribution < -0.4 is 15.1 Å². The van der Waals surface area contributed by atoms with Gasteiger partial charge in [0.1, 0.15) is 17.9 Å². The van der Waals surface area contributed by atoms with E-state index in [1.54, 1.807) is 29.2 Å². The molecule has 2 aromatic carbocycles. The van der Waals surface area contributed by atoms with Gasteiger partial charge in [-0.15, -0.1) is 0 Å². The molecule has 0 bridgehead atoms. The third-order valence-corrected chi connectivity index (χ3v) is 6.14. The van der Waals surface area contributed by atoms with Gasteiger partial charge in [-0.25, -0.2) is 0 Å². The summed E-state index contributed by atoms with van der Waals surface area (Å²) in [4.78, 5) is 30.1. The molecule has 6 nitrogen and oxygen atoms in total. The number of likely N-dealkylation sites (N-methyl/N-ethyl adjacent to an activating group) is 1. The number of carbonyl (C=O) groups is 1. The van der Waals surface area contributed by atoms with Gasteiger partial charge in [-0.3, -0.25) is 9.59 Å². The molecule has 0 fully saturated rings. The fourth-order valence-electron chi connectivity index (χ4n) is 4.33. The van der Waals surface area contributed by atoms with Crippen LogP contribution >= 0.6 is 0 Å². The Hall–Kier alpha value is -3.38. The van der Waals surface area contributed by atoms with Crippen molar-refractivity contribution in [2.24, 2.45) is 0 Å². The summed E-state index contributed by atoms with van der Waals surface area (Å²) < 4.78 is 11.6. The first kappa shape index (κ1) is 21.8. The predicted molar refractivity (Wildman–Crippen MR) is 124 cm³/mol. The SMILES string of the molecule is C=CCOc1ccc([C@H]2c3c(oc4ccccc4c3=O)C(=O)N2CC[NH+](CC)CC)cc1. The fraction of sp³-hybridized carbons (Fsp3) is 0.308. The standard InChI is InChI=1S/C26H28N2O4/c1-4-17-31-19-13-11-18(12-14-19)23-22-24(29)20-9-7-8-10-21(20)32-25(22)26(30)28(23)16-15-27(5-2)6-3/h4,7-14,23H,1,5-6,15-17H2,2-3H3/p+1/t23-/m0/s1. The summed E-state index contributed by atoms with van der Waals surface area (Å²) in [7, 11) is 0. The van der Waals surface area contributed by atoms with Crippen molar-refractivity contribution in [1.29, 1.82) is 0 Å². The van der Waals surface area contributed by atoms with Crippen LogP contribution in [0.15, 0.2) is 70.4 Å². The Kier molecular flexibility index (Phi) is 6.42. The number of quaternary nitrogens is 1. The molecule has 0 saturated heterocycles. The number of nitrogens with one attached hydrogen (secondary N) is 1. The molecule has 32 heavy (non-hydrogen) atoms. The lowest BCUT2D eigenvalue weighted by atomic mass is 9.98. The maximum Gasteiger partial charge on any atom is 0.291 e. The van der Waals surface area contributed by atoms with Gasteiger partial charge in [0, 0.05) is 0 Å². The van der Waals surface area contributed by atoms with Crippen LogP contribution in [0.1, 0.15) is 41.6 Å². The number of para-hydroxylation sites is 1. The van der Waals surface area contributed by atoms with Crippen LogP contribution in [0.25, 0.3) is 11.0 Å². The minimum absolute atomic E-state index is 0.148. The van der Waals surface area contributed by atoms with Crippen LogP contribution in [0, 0.1) is 0 Å². The zero-order valence-corrected chi connectivity index (χ0v) is 18.6. The van der Waals surface area contributed by atoms with Crippen LogP contribution in [0.3, 0.4) is 0 Å². The Morgan fingerprint density at radius 1 is 1.09 bits per heavy atom. The lowest BCUT2D eigenvalue weighted by molar-refractivity contribution is -0.895. The maximum absolute atomic E-state index is 13.5. The molecular weight excluding hydrogens is 404 g/mol. The molecule has 0 aliphatic carbocycles. The number of benzene rings is 2. The average Bonchev–Trinajstić information content (AvgIpc) is 3.10. The Bertz CT molecular complexity index is 1180. The molecule has 1 atom stereocenters. The van der Waals surface area contributed by atoms with E-state index >= 15 is 0 Å². The average molecular weight is 434 g/mol. The molecule has 0 unspecified atom stereocenters. The first-order valence-electron chi connectivity index (χ1n) is 11.1. The number of hydrogen-bond acceptors (Lipinski definition) is 4. The van der Waals surface area contributed by atoms with Crippen molar-refractivity contribution >= 4 is 16.9 Å². The van der Waals surface area contributed by atoms with E-state index in [-0.39, 0.29) is 17.1 Å². The minimum atomic E-state index is -0.484. The molecule has 166 valence electrons. The first-order chi connectivity index (χ1) is 15.6. The quantitative estimate of drug-likeness (QED) is 0.527. The van der Waals surface area contributed by atoms with E-state index in [0.717, 1.165) is 25.2 Å². The summed E-state index contributed by atoms with van der Waals surface area (Å²) in [6.07, 6.45) is 1.69. The highest BCUT2D eigenvalue weighted by molar-refractivity contribution is 5.99. The van der Waals surface area contributed by atoms with Gasteiger partial charge < -0.3 is 19.0 Å². The van der Waals surface area contributed by atoms with Gasteiger partial charge in [-0.2, -0.15) is 0 Å². The van der Waals surface area contributed by atoms with Gasteiger partial charge in [0.2, 0.25) is 5.76 Å². The van der Waals surface area contributed by atoms with E-state index in [1.165, 1.54) is 4.90 Å². The highest BCUT2D eigenvalue weighted by Gasteiger charge is 2.42. The number of amides is 1. The molecule has 4 rings (SSSR count). The van der Waals surface area contributed by atoms with Gasteiger partial charge in [-0.1, -0.05) is 36.9 Å². The molecule has 1 aromatic heterocycles. The Balaban J connectivity index is 1.79. The van der Waals surface area contributed by atoms with Gasteiger partial charge in [-0.05, 0) is 43.7 Å². The molecule has 0 saturated carbocycles. The van der Waals surface area contributed by atoms with Gasteiger partial charge in [0.15, 0.2) is 5.43 Å². The summed E-state index contributed by atoms with van der Waals surface area (Å²) in [6.45, 7) is 11.7. The summed E-state index contributed by atoms with van der Waals surface area (Å²) in [5.41, 5.74) is 1.57. The lowest BCUT2D eigenvalue weighted by Crippen LogP contribution is -3.12. The Morgan fingerprint density at radius 3 is 2.50 bits per heavy atom. The van der Waals surface area contributed by atoms with Crippen LogP contribution in [-0.2, 0) is 0 Å². The second-order valence-electron chi connectivity index (χ2n) is 7.95. The van der Waals surface area contributed by atoms with Crippen LogP contribution in [0.4, 0.5) is 0 Å². The third-order valence-electron chi connectivity index (χ3n) is 6.14. The molecule has 3 aromatic rings. The Labute approximate surface area is 187 Å². The number of carbonyl (C=O) groups excluding carboxylic acids is 1. The second kappa shape index (κ2) is 9.40. The van der Waals surface area contributed by atoms with Crippen LogP contribution in [0.2, 0.25) is 0 Å². The second-order valence-corrected chi connectivity index (χ2v) is 7.95. The zero-order chi connectivity index (χ0) is 22.7. The third kappa shape index (κ3) is 3.94. The van der Waals surface area contributed by atoms with E-state index in [9.17, 15) is 9.59 Å². The van der Waals surface area contributed by atoms with Crippen molar-refractivity contribution in [2.75, 3.05) is 32.8 Å². The minimum Gasteiger partial charge on any atom is -0.490 e. The normalized spacial score (nSPS) is 15.4. The van der Waals surface area contributed by atoms with Crippen molar-refractivity contribution < 1.29 is 18.8 Å². The van der Waals surface area contributed by atoms with Gasteiger partial charge in [0.05, 0.1) is 43.2 Å². The summed E-state index contributed by atoms with van der Waals surface area (Å²) in [5, 5.41) is 0.492. The first-order valence-corrected chi connectivity index (χ1v) is 11.1. The van der Waals surface area contributed by atoms with E-state index in [4.69, 9.17) is 9.15 Å². The molecular formula is C26H29N2O4+. The largest absolute Gasteiger partial charge is 0.490 e. The summed E-state index contributed by atoms with van der Waals surface area (Å²) in [5.74, 6) is 0.634. The Morgan fingerprint density at radius 2 is 1.81 bits per heavy atom. The molecule has 0 spiro atoms.